The second kappa shape index (κ2) is 5.69. The molecule has 0 aromatic carbocycles. The lowest BCUT2D eigenvalue weighted by molar-refractivity contribution is 0.474. The first-order valence-electron chi connectivity index (χ1n) is 4.55. The van der Waals surface area contributed by atoms with Crippen molar-refractivity contribution in [2.75, 3.05) is 25.2 Å². The Morgan fingerprint density at radius 2 is 1.93 bits per heavy atom. The average molecular weight is 252 g/mol. The fraction of sp³-hybridized carbons (Fsp3) is 0.778. The van der Waals surface area contributed by atoms with E-state index in [-0.39, 0.29) is 5.75 Å². The van der Waals surface area contributed by atoms with E-state index in [2.05, 4.69) is 11.8 Å². The predicted molar refractivity (Wildman–Crippen MR) is 62.3 cm³/mol. The molecule has 0 aliphatic carbocycles. The van der Waals surface area contributed by atoms with Crippen molar-refractivity contribution >= 4 is 17.3 Å². The van der Waals surface area contributed by atoms with Crippen molar-refractivity contribution in [2.24, 2.45) is 5.92 Å². The van der Waals surface area contributed by atoms with Crippen LogP contribution in [0.1, 0.15) is 13.3 Å². The van der Waals surface area contributed by atoms with Crippen LogP contribution in [-0.4, -0.2) is 38.2 Å². The Hall–Kier alpha value is -0.300. The molecule has 1 N–H and O–H groups in total. The van der Waals surface area contributed by atoms with E-state index in [9.17, 15) is 13.0 Å². The molecule has 0 aromatic rings. The van der Waals surface area contributed by atoms with Gasteiger partial charge in [0.05, 0.1) is 12.9 Å². The Labute approximate surface area is 91.6 Å². The Morgan fingerprint density at radius 1 is 1.40 bits per heavy atom. The zero-order chi connectivity index (χ0) is 12.1. The molecule has 1 unspecified atom stereocenters. The van der Waals surface area contributed by atoms with E-state index < -0.39 is 23.2 Å². The van der Waals surface area contributed by atoms with Crippen molar-refractivity contribution in [1.82, 2.24) is 0 Å². The summed E-state index contributed by atoms with van der Waals surface area (Å²) >= 11 is 0. The van der Waals surface area contributed by atoms with Crippen molar-refractivity contribution in [3.8, 4) is 11.8 Å². The summed E-state index contributed by atoms with van der Waals surface area (Å²) in [6.07, 6.45) is 0.882. The van der Waals surface area contributed by atoms with Crippen molar-refractivity contribution in [2.45, 2.75) is 13.3 Å². The summed E-state index contributed by atoms with van der Waals surface area (Å²) in [5.74, 6) is 4.50. The minimum Gasteiger partial charge on any atom is -0.324 e. The summed E-state index contributed by atoms with van der Waals surface area (Å²) in [6.45, 7) is 4.90. The van der Waals surface area contributed by atoms with Crippen molar-refractivity contribution in [1.29, 1.82) is 0 Å². The van der Waals surface area contributed by atoms with Crippen molar-refractivity contribution in [3.05, 3.63) is 0 Å². The van der Waals surface area contributed by atoms with E-state index in [1.54, 1.807) is 20.3 Å². The maximum absolute atomic E-state index is 11.4. The smallest absolute Gasteiger partial charge is 0.266 e. The van der Waals surface area contributed by atoms with Crippen LogP contribution in [-0.2, 0) is 14.7 Å². The maximum atomic E-state index is 11.4. The quantitative estimate of drug-likeness (QED) is 0.457. The number of rotatable bonds is 5. The average Bonchev–Trinajstić information content (AvgIpc) is 1.96. The monoisotopic (exact) mass is 252 g/mol. The molecule has 0 saturated carbocycles. The zero-order valence-corrected chi connectivity index (χ0v) is 10.9. The molecule has 0 aliphatic heterocycles. The first-order chi connectivity index (χ1) is 6.64. The molecule has 88 valence electrons. The van der Waals surface area contributed by atoms with Gasteiger partial charge in [0.25, 0.3) is 10.1 Å². The highest BCUT2D eigenvalue weighted by Crippen LogP contribution is 2.37. The lowest BCUT2D eigenvalue weighted by atomic mass is 10.1. The highest BCUT2D eigenvalue weighted by Gasteiger charge is 2.17. The highest BCUT2D eigenvalue weighted by atomic mass is 32.2. The Morgan fingerprint density at radius 3 is 2.27 bits per heavy atom. The summed E-state index contributed by atoms with van der Waals surface area (Å²) in [5.41, 5.74) is 0. The van der Waals surface area contributed by atoms with Crippen molar-refractivity contribution < 1.29 is 17.5 Å². The van der Waals surface area contributed by atoms with Gasteiger partial charge in [0.15, 0.2) is 0 Å². The van der Waals surface area contributed by atoms with Crippen LogP contribution in [0.15, 0.2) is 0 Å². The fourth-order valence-electron chi connectivity index (χ4n) is 1.12. The van der Waals surface area contributed by atoms with Crippen LogP contribution in [0.5, 0.6) is 0 Å². The minimum absolute atomic E-state index is 0.381. The van der Waals surface area contributed by atoms with E-state index in [1.165, 1.54) is 0 Å². The molecule has 15 heavy (non-hydrogen) atoms. The number of hydrogen-bond donors (Lipinski definition) is 1. The van der Waals surface area contributed by atoms with Gasteiger partial charge in [0.2, 0.25) is 0 Å². The molecule has 0 radical (unpaired) electrons. The number of hydrogen-bond acceptors (Lipinski definition) is 3. The van der Waals surface area contributed by atoms with Gasteiger partial charge in [0.1, 0.15) is 0 Å². The summed E-state index contributed by atoms with van der Waals surface area (Å²) in [6, 6.07) is 0. The predicted octanol–water partition coefficient (Wildman–Crippen LogP) is 1.53. The molecule has 6 heteroatoms. The standard InChI is InChI=1S/C9H17O4PS/c1-4-5-9(8-15(11,12)13)6-7-14(2,3)10/h9H,6-8H2,1-3H3,(H,11,12,13). The van der Waals surface area contributed by atoms with E-state index >= 15 is 0 Å². The van der Waals surface area contributed by atoms with Gasteiger partial charge in [-0.3, -0.25) is 4.55 Å². The fourth-order valence-corrected chi connectivity index (χ4v) is 2.81. The topological polar surface area (TPSA) is 71.4 Å². The van der Waals surface area contributed by atoms with Gasteiger partial charge in [-0.2, -0.15) is 8.42 Å². The normalized spacial score (nSPS) is 14.1. The van der Waals surface area contributed by atoms with Crippen LogP contribution >= 0.6 is 7.14 Å². The van der Waals surface area contributed by atoms with Gasteiger partial charge in [-0.05, 0) is 26.7 Å². The van der Waals surface area contributed by atoms with E-state index in [0.29, 0.717) is 12.6 Å². The molecule has 0 saturated heterocycles. The SMILES string of the molecule is CC#CC(CCP(C)(C)=O)CS(=O)(=O)O. The second-order valence-corrected chi connectivity index (χ2v) is 9.02. The third kappa shape index (κ3) is 9.99. The molecule has 0 fully saturated rings. The maximum Gasteiger partial charge on any atom is 0.266 e. The van der Waals surface area contributed by atoms with Gasteiger partial charge in [-0.15, -0.1) is 5.92 Å². The molecule has 0 spiro atoms. The van der Waals surface area contributed by atoms with E-state index in [4.69, 9.17) is 4.55 Å². The molecule has 0 aliphatic rings. The van der Waals surface area contributed by atoms with Crippen LogP contribution in [0.2, 0.25) is 0 Å². The summed E-state index contributed by atoms with van der Waals surface area (Å²) in [7, 11) is -6.16. The Kier molecular flexibility index (Phi) is 5.58. The van der Waals surface area contributed by atoms with Gasteiger partial charge in [-0.25, -0.2) is 0 Å². The Bertz CT molecular complexity index is 396. The van der Waals surface area contributed by atoms with Crippen molar-refractivity contribution in [3.63, 3.8) is 0 Å². The van der Waals surface area contributed by atoms with Crippen LogP contribution < -0.4 is 0 Å². The van der Waals surface area contributed by atoms with Crippen LogP contribution in [0.25, 0.3) is 0 Å². The molecule has 4 nitrogen and oxygen atoms in total. The van der Waals surface area contributed by atoms with Gasteiger partial charge in [0, 0.05) is 12.1 Å². The van der Waals surface area contributed by atoms with E-state index in [1.807, 2.05) is 0 Å². The van der Waals surface area contributed by atoms with Gasteiger partial charge < -0.3 is 4.57 Å². The van der Waals surface area contributed by atoms with Gasteiger partial charge >= 0.3 is 0 Å². The van der Waals surface area contributed by atoms with Gasteiger partial charge in [-0.1, -0.05) is 5.92 Å². The first-order valence-corrected chi connectivity index (χ1v) is 8.95. The summed E-state index contributed by atoms with van der Waals surface area (Å²) in [5, 5.41) is 0. The molecule has 0 rings (SSSR count). The third-order valence-corrected chi connectivity index (χ3v) is 3.94. The molecular formula is C9H17O4PS. The highest BCUT2D eigenvalue weighted by molar-refractivity contribution is 7.85. The molecule has 1 atom stereocenters. The molecular weight excluding hydrogens is 235 g/mol. The minimum atomic E-state index is -4.01. The summed E-state index contributed by atoms with van der Waals surface area (Å²) < 4.78 is 41.4. The van der Waals surface area contributed by atoms with Crippen LogP contribution in [0.4, 0.5) is 0 Å². The molecule has 0 amide bonds. The first kappa shape index (κ1) is 14.7. The molecule has 0 heterocycles. The van der Waals surface area contributed by atoms with Crippen LogP contribution in [0, 0.1) is 17.8 Å². The second-order valence-electron chi connectivity index (χ2n) is 3.93. The molecule has 0 aromatic heterocycles. The summed E-state index contributed by atoms with van der Waals surface area (Å²) in [4.78, 5) is 0. The lowest BCUT2D eigenvalue weighted by Gasteiger charge is -2.11. The van der Waals surface area contributed by atoms with E-state index in [0.717, 1.165) is 0 Å². The largest absolute Gasteiger partial charge is 0.324 e. The zero-order valence-electron chi connectivity index (χ0n) is 9.23. The van der Waals surface area contributed by atoms with Crippen LogP contribution in [0.3, 0.4) is 0 Å². The Balaban J connectivity index is 4.42. The molecule has 0 bridgehead atoms. The lowest BCUT2D eigenvalue weighted by Crippen LogP contribution is -2.15. The third-order valence-electron chi connectivity index (χ3n) is 1.78.